The van der Waals surface area contributed by atoms with Crippen molar-refractivity contribution in [3.63, 3.8) is 0 Å². The molecule has 10 nitrogen and oxygen atoms in total. The van der Waals surface area contributed by atoms with Crippen LogP contribution in [-0.4, -0.2) is 88.0 Å². The molecule has 0 aromatic heterocycles. The zero-order valence-electron chi connectivity index (χ0n) is 28.9. The van der Waals surface area contributed by atoms with Gasteiger partial charge < -0.3 is 39.0 Å². The minimum Gasteiger partial charge on any atom is -0.462 e. The molecule has 1 spiro atoms. The Morgan fingerprint density at radius 1 is 1.15 bits per heavy atom. The van der Waals surface area contributed by atoms with Crippen LogP contribution in [-0.2, 0) is 33.3 Å². The molecule has 5 aliphatic rings. The summed E-state index contributed by atoms with van der Waals surface area (Å²) in [6, 6.07) is 0. The molecule has 3 fully saturated rings. The lowest BCUT2D eigenvalue weighted by Crippen LogP contribution is -2.67. The quantitative estimate of drug-likeness (QED) is 0.293. The minimum atomic E-state index is -1.81. The largest absolute Gasteiger partial charge is 0.462 e. The van der Waals surface area contributed by atoms with Crippen molar-refractivity contribution in [2.75, 3.05) is 6.61 Å². The highest BCUT2D eigenvalue weighted by molar-refractivity contribution is 5.78. The van der Waals surface area contributed by atoms with E-state index in [0.717, 1.165) is 12.0 Å². The molecule has 262 valence electrons. The van der Waals surface area contributed by atoms with Crippen molar-refractivity contribution in [2.24, 2.45) is 23.7 Å². The fraction of sp³-hybridized carbons (Fsp3) is 0.730. The Labute approximate surface area is 278 Å². The zero-order chi connectivity index (χ0) is 34.3. The SMILES string of the molecule is CCC(C)C(=O)O[C@H]1[C@H](C)[C@@H](CC)O[C@@]2(C[C@@H]3C[C@@H](CC=C(C)C[C@@H](C)C=CC=C4CO[C@@H]5[C@H](O)C(C)=C[C@@H](C(=O)O3)[C@]45O)O2)[C@@H]1O. The van der Waals surface area contributed by atoms with E-state index in [1.807, 2.05) is 32.9 Å². The van der Waals surface area contributed by atoms with Gasteiger partial charge in [-0.05, 0) is 56.6 Å². The van der Waals surface area contributed by atoms with Gasteiger partial charge in [-0.15, -0.1) is 0 Å². The fourth-order valence-corrected chi connectivity index (χ4v) is 7.86. The lowest BCUT2D eigenvalue weighted by Gasteiger charge is -2.54. The van der Waals surface area contributed by atoms with Crippen molar-refractivity contribution in [3.05, 3.63) is 47.1 Å². The molecule has 2 bridgehead atoms. The number of hydrogen-bond acceptors (Lipinski definition) is 10. The van der Waals surface area contributed by atoms with Gasteiger partial charge in [0.05, 0.1) is 24.7 Å². The van der Waals surface area contributed by atoms with Crippen LogP contribution in [0.5, 0.6) is 0 Å². The van der Waals surface area contributed by atoms with E-state index in [2.05, 4.69) is 19.9 Å². The van der Waals surface area contributed by atoms with E-state index in [1.54, 1.807) is 26.0 Å². The second-order valence-electron chi connectivity index (χ2n) is 14.6. The molecule has 0 aromatic carbocycles. The first kappa shape index (κ1) is 36.0. The highest BCUT2D eigenvalue weighted by atomic mass is 16.7. The fourth-order valence-electron chi connectivity index (χ4n) is 7.86. The van der Waals surface area contributed by atoms with E-state index in [9.17, 15) is 24.9 Å². The number of ether oxygens (including phenoxy) is 5. The minimum absolute atomic E-state index is 0.0125. The summed E-state index contributed by atoms with van der Waals surface area (Å²) >= 11 is 0. The van der Waals surface area contributed by atoms with Gasteiger partial charge in [-0.3, -0.25) is 9.59 Å². The van der Waals surface area contributed by atoms with Crippen LogP contribution >= 0.6 is 0 Å². The molecule has 1 unspecified atom stereocenters. The van der Waals surface area contributed by atoms with Gasteiger partial charge in [0.25, 0.3) is 0 Å². The summed E-state index contributed by atoms with van der Waals surface area (Å²) in [4.78, 5) is 27.1. The van der Waals surface area contributed by atoms with Crippen molar-refractivity contribution < 1.29 is 48.6 Å². The van der Waals surface area contributed by atoms with Crippen molar-refractivity contribution in [3.8, 4) is 0 Å². The number of carbonyl (C=O) groups excluding carboxylic acids is 2. The standard InChI is InChI=1S/C37H54O10/c1-8-22(5)34(40)45-31-24(7)29(9-2)47-36(32(31)39)18-27-17-26(46-36)14-13-21(4)15-20(3)11-10-12-25-19-43-33-30(38)23(6)16-28(35(41)44-27)37(25,33)42/h10-13,16,20,22,24,26-33,38-39,42H,8-9,14-15,17-19H2,1-7H3/t20-,22?,24+,26+,27-,28-,29+,30+,31-,32+,33+,36-,37+/m0/s1. The van der Waals surface area contributed by atoms with Gasteiger partial charge >= 0.3 is 11.9 Å². The Kier molecular flexibility index (Phi) is 10.9. The van der Waals surface area contributed by atoms with Crippen molar-refractivity contribution >= 4 is 11.9 Å². The smallest absolute Gasteiger partial charge is 0.316 e. The number of fused-ring (bicyclic) bond motifs is 2. The Balaban J connectivity index is 1.54. The summed E-state index contributed by atoms with van der Waals surface area (Å²) in [5.74, 6) is -4.23. The number of rotatable bonds is 4. The molecule has 4 heterocycles. The first-order valence-corrected chi connectivity index (χ1v) is 17.4. The topological polar surface area (TPSA) is 141 Å². The summed E-state index contributed by atoms with van der Waals surface area (Å²) in [5.41, 5.74) is 0.355. The highest BCUT2D eigenvalue weighted by Crippen LogP contribution is 2.48. The maximum Gasteiger partial charge on any atom is 0.316 e. The molecular weight excluding hydrogens is 604 g/mol. The number of carbonyl (C=O) groups is 2. The van der Waals surface area contributed by atoms with E-state index < -0.39 is 59.9 Å². The summed E-state index contributed by atoms with van der Waals surface area (Å²) in [7, 11) is 0. The Hall–Kier alpha value is -2.34. The normalized spacial score (nSPS) is 43.3. The molecule has 13 atom stereocenters. The van der Waals surface area contributed by atoms with Gasteiger partial charge in [-0.2, -0.15) is 0 Å². The van der Waals surface area contributed by atoms with Crippen molar-refractivity contribution in [1.29, 1.82) is 0 Å². The summed E-state index contributed by atoms with van der Waals surface area (Å²) in [6.07, 6.45) is 6.29. The lowest BCUT2D eigenvalue weighted by atomic mass is 9.71. The molecule has 4 aliphatic heterocycles. The number of esters is 2. The number of aliphatic hydroxyl groups is 3. The van der Waals surface area contributed by atoms with Crippen molar-refractivity contribution in [1.82, 2.24) is 0 Å². The molecule has 10 heteroatoms. The third-order valence-corrected chi connectivity index (χ3v) is 11.0. The first-order valence-electron chi connectivity index (χ1n) is 17.4. The molecule has 1 aliphatic carbocycles. The monoisotopic (exact) mass is 658 g/mol. The molecule has 5 rings (SSSR count). The Bertz CT molecular complexity index is 1300. The van der Waals surface area contributed by atoms with Gasteiger partial charge in [0, 0.05) is 18.8 Å². The van der Waals surface area contributed by atoms with Gasteiger partial charge in [-0.1, -0.05) is 70.6 Å². The van der Waals surface area contributed by atoms with Gasteiger partial charge in [-0.25, -0.2) is 0 Å². The summed E-state index contributed by atoms with van der Waals surface area (Å²) < 4.78 is 31.4. The molecule has 3 saturated heterocycles. The molecule has 0 amide bonds. The number of hydrogen-bond donors (Lipinski definition) is 3. The molecule has 0 aromatic rings. The van der Waals surface area contributed by atoms with Crippen LogP contribution in [0.3, 0.4) is 0 Å². The predicted octanol–water partition coefficient (Wildman–Crippen LogP) is 4.46. The second kappa shape index (κ2) is 14.3. The van der Waals surface area contributed by atoms with Crippen LogP contribution in [0.4, 0.5) is 0 Å². The van der Waals surface area contributed by atoms with E-state index in [-0.39, 0.29) is 42.9 Å². The Morgan fingerprint density at radius 2 is 1.89 bits per heavy atom. The molecular formula is C37H54O10. The van der Waals surface area contributed by atoms with Crippen LogP contribution in [0.2, 0.25) is 0 Å². The third-order valence-electron chi connectivity index (χ3n) is 11.0. The van der Waals surface area contributed by atoms with Crippen LogP contribution in [0.25, 0.3) is 0 Å². The average Bonchev–Trinajstić information content (AvgIpc) is 3.37. The van der Waals surface area contributed by atoms with Crippen LogP contribution < -0.4 is 0 Å². The number of allylic oxidation sites excluding steroid dienone is 4. The first-order chi connectivity index (χ1) is 22.2. The Morgan fingerprint density at radius 3 is 2.60 bits per heavy atom. The van der Waals surface area contributed by atoms with E-state index in [0.29, 0.717) is 36.8 Å². The van der Waals surface area contributed by atoms with Crippen LogP contribution in [0, 0.1) is 23.7 Å². The highest BCUT2D eigenvalue weighted by Gasteiger charge is 2.61. The second-order valence-corrected chi connectivity index (χ2v) is 14.6. The average molecular weight is 659 g/mol. The van der Waals surface area contributed by atoms with E-state index >= 15 is 0 Å². The maximum absolute atomic E-state index is 14.1. The predicted molar refractivity (Wildman–Crippen MR) is 174 cm³/mol. The van der Waals surface area contributed by atoms with E-state index in [4.69, 9.17) is 23.7 Å². The summed E-state index contributed by atoms with van der Waals surface area (Å²) in [6.45, 7) is 13.5. The van der Waals surface area contributed by atoms with Gasteiger partial charge in [0.15, 0.2) is 0 Å². The van der Waals surface area contributed by atoms with Gasteiger partial charge in [0.2, 0.25) is 5.79 Å². The zero-order valence-corrected chi connectivity index (χ0v) is 28.9. The molecule has 0 radical (unpaired) electrons. The number of aliphatic hydroxyl groups excluding tert-OH is 2. The van der Waals surface area contributed by atoms with Gasteiger partial charge in [0.1, 0.15) is 42.0 Å². The third kappa shape index (κ3) is 6.92. The van der Waals surface area contributed by atoms with Crippen LogP contribution in [0.1, 0.15) is 87.0 Å². The molecule has 3 N–H and O–H groups in total. The molecule has 0 saturated carbocycles. The molecule has 47 heavy (non-hydrogen) atoms. The van der Waals surface area contributed by atoms with Crippen LogP contribution in [0.15, 0.2) is 47.1 Å². The lowest BCUT2D eigenvalue weighted by molar-refractivity contribution is -0.385. The van der Waals surface area contributed by atoms with E-state index in [1.165, 1.54) is 0 Å². The van der Waals surface area contributed by atoms with Crippen molar-refractivity contribution in [2.45, 2.75) is 141 Å². The summed E-state index contributed by atoms with van der Waals surface area (Å²) in [5, 5.41) is 35.1. The maximum atomic E-state index is 14.1.